The summed E-state index contributed by atoms with van der Waals surface area (Å²) in [7, 11) is 3.49. The molecule has 3 aromatic rings. The van der Waals surface area contributed by atoms with E-state index in [1.165, 1.54) is 12.1 Å². The lowest BCUT2D eigenvalue weighted by Gasteiger charge is -2.36. The zero-order chi connectivity index (χ0) is 19.2. The maximum Gasteiger partial charge on any atom is 0.192 e. The molecule has 0 bridgehead atoms. The second-order valence-electron chi connectivity index (χ2n) is 6.17. The lowest BCUT2D eigenvalue weighted by Crippen LogP contribution is -2.34. The van der Waals surface area contributed by atoms with Crippen LogP contribution in [0.2, 0.25) is 0 Å². The first kappa shape index (κ1) is 18.0. The summed E-state index contributed by atoms with van der Waals surface area (Å²) in [6, 6.07) is 16.0. The number of benzene rings is 2. The lowest BCUT2D eigenvalue weighted by atomic mass is 10.2. The molecule has 27 heavy (non-hydrogen) atoms. The molecule has 2 heterocycles. The molecule has 1 aliphatic heterocycles. The summed E-state index contributed by atoms with van der Waals surface area (Å²) in [6.45, 7) is 1.92. The summed E-state index contributed by atoms with van der Waals surface area (Å²) in [4.78, 5) is 4.87. The molecule has 1 aromatic heterocycles. The zero-order valence-corrected chi connectivity index (χ0v) is 16.8. The first-order valence-corrected chi connectivity index (χ1v) is 11.0. The monoisotopic (exact) mass is 400 g/mol. The molecule has 138 valence electrons. The van der Waals surface area contributed by atoms with Crippen LogP contribution in [0, 0.1) is 12.7 Å². The van der Waals surface area contributed by atoms with Crippen molar-refractivity contribution in [3.8, 4) is 5.69 Å². The Morgan fingerprint density at radius 1 is 1.07 bits per heavy atom. The number of fused-ring (bicyclic) bond motifs is 1. The molecule has 0 amide bonds. The van der Waals surface area contributed by atoms with Gasteiger partial charge < -0.3 is 9.19 Å². The smallest absolute Gasteiger partial charge is 0.192 e. The van der Waals surface area contributed by atoms with Gasteiger partial charge in [0.2, 0.25) is 0 Å². The maximum absolute atomic E-state index is 13.4. The number of aryl methyl sites for hydroxylation is 1. The Bertz CT molecular complexity index is 1080. The molecule has 0 spiro atoms. The van der Waals surface area contributed by atoms with Gasteiger partial charge >= 0.3 is 0 Å². The molecule has 0 aliphatic carbocycles. The number of nitrogens with zero attached hydrogens (tertiary/aromatic N) is 4. The number of aromatic nitrogens is 2. The molecule has 0 saturated heterocycles. The van der Waals surface area contributed by atoms with Crippen LogP contribution in [0.25, 0.3) is 5.69 Å². The Hall–Kier alpha value is -2.34. The lowest BCUT2D eigenvalue weighted by molar-refractivity contribution is 0.439. The second-order valence-corrected chi connectivity index (χ2v) is 10.1. The normalized spacial score (nSPS) is 19.0. The van der Waals surface area contributed by atoms with E-state index in [2.05, 4.69) is 5.10 Å². The fraction of sp³-hybridized carbons (Fsp3) is 0.158. The molecule has 5 nitrogen and oxygen atoms in total. The Labute approximate surface area is 162 Å². The van der Waals surface area contributed by atoms with Gasteiger partial charge in [-0.05, 0) is 55.1 Å². The first-order chi connectivity index (χ1) is 13.0. The molecule has 0 unspecified atom stereocenters. The van der Waals surface area contributed by atoms with Crippen LogP contribution in [0.4, 0.5) is 10.2 Å². The van der Waals surface area contributed by atoms with Crippen molar-refractivity contribution in [2.75, 3.05) is 14.2 Å². The third kappa shape index (κ3) is 2.83. The summed E-state index contributed by atoms with van der Waals surface area (Å²) in [6.07, 6.45) is -2.59. The third-order valence-electron chi connectivity index (χ3n) is 4.55. The molecule has 0 N–H and O–H groups in total. The summed E-state index contributed by atoms with van der Waals surface area (Å²) >= 11 is 5.99. The van der Waals surface area contributed by atoms with Crippen molar-refractivity contribution in [1.82, 2.24) is 14.5 Å². The van der Waals surface area contributed by atoms with Gasteiger partial charge in [-0.1, -0.05) is 18.2 Å². The number of amidine groups is 1. The summed E-state index contributed by atoms with van der Waals surface area (Å²) in [5.74, 6) is 1.01. The molecule has 0 fully saturated rings. The van der Waals surface area contributed by atoms with E-state index in [1.807, 2.05) is 49.0 Å². The predicted octanol–water partition coefficient (Wildman–Crippen LogP) is 3.92. The average Bonchev–Trinajstić information content (AvgIpc) is 3.03. The van der Waals surface area contributed by atoms with Gasteiger partial charge in [-0.2, -0.15) is 5.10 Å². The highest BCUT2D eigenvalue weighted by Crippen LogP contribution is 2.55. The van der Waals surface area contributed by atoms with E-state index < -0.39 is 6.42 Å². The molecule has 1 aliphatic rings. The Morgan fingerprint density at radius 3 is 2.37 bits per heavy atom. The molecule has 0 radical (unpaired) electrons. The topological polar surface area (TPSA) is 42.6 Å². The van der Waals surface area contributed by atoms with E-state index >= 15 is 0 Å². The van der Waals surface area contributed by atoms with Crippen molar-refractivity contribution in [3.63, 3.8) is 0 Å². The summed E-state index contributed by atoms with van der Waals surface area (Å²) in [5, 5.41) is 5.53. The van der Waals surface area contributed by atoms with Gasteiger partial charge in [-0.15, -0.1) is 0 Å². The first-order valence-electron chi connectivity index (χ1n) is 8.36. The highest BCUT2D eigenvalue weighted by atomic mass is 32.4. The van der Waals surface area contributed by atoms with Crippen LogP contribution in [-0.4, -0.2) is 34.4 Å². The minimum atomic E-state index is -2.59. The van der Waals surface area contributed by atoms with Gasteiger partial charge in [0.25, 0.3) is 0 Å². The van der Waals surface area contributed by atoms with E-state index in [-0.39, 0.29) is 5.82 Å². The van der Waals surface area contributed by atoms with Crippen LogP contribution in [-0.2, 0) is 16.3 Å². The molecular formula is C19H18FN4OPS. The van der Waals surface area contributed by atoms with Crippen molar-refractivity contribution in [2.24, 2.45) is 4.99 Å². The van der Waals surface area contributed by atoms with Gasteiger partial charge in [0.15, 0.2) is 12.2 Å². The van der Waals surface area contributed by atoms with Gasteiger partial charge in [-0.3, -0.25) is 0 Å². The summed E-state index contributed by atoms with van der Waals surface area (Å²) < 4.78 is 22.9. The van der Waals surface area contributed by atoms with E-state index in [0.717, 1.165) is 22.2 Å². The predicted molar refractivity (Wildman–Crippen MR) is 110 cm³/mol. The van der Waals surface area contributed by atoms with Crippen LogP contribution < -0.4 is 5.30 Å². The zero-order valence-electron chi connectivity index (χ0n) is 15.1. The number of aliphatic imine (C=N–C) groups is 1. The quantitative estimate of drug-likeness (QED) is 0.625. The van der Waals surface area contributed by atoms with E-state index in [4.69, 9.17) is 21.3 Å². The van der Waals surface area contributed by atoms with Crippen molar-refractivity contribution in [1.29, 1.82) is 0 Å². The van der Waals surface area contributed by atoms with E-state index in [1.54, 1.807) is 23.9 Å². The fourth-order valence-corrected chi connectivity index (χ4v) is 6.06. The number of rotatable bonds is 3. The van der Waals surface area contributed by atoms with Gasteiger partial charge in [0.1, 0.15) is 11.7 Å². The Morgan fingerprint density at radius 2 is 1.74 bits per heavy atom. The van der Waals surface area contributed by atoms with Crippen LogP contribution in [0.1, 0.15) is 11.3 Å². The molecule has 4 rings (SSSR count). The highest BCUT2D eigenvalue weighted by Gasteiger charge is 2.39. The average molecular weight is 400 g/mol. The van der Waals surface area contributed by atoms with E-state index in [9.17, 15) is 4.39 Å². The van der Waals surface area contributed by atoms with Crippen molar-refractivity contribution >= 4 is 35.2 Å². The molecule has 0 saturated carbocycles. The molecular weight excluding hydrogens is 382 g/mol. The Kier molecular flexibility index (Phi) is 4.46. The second kappa shape index (κ2) is 6.68. The van der Waals surface area contributed by atoms with Crippen molar-refractivity contribution < 1.29 is 8.91 Å². The SMILES string of the molecule is CO[P@]1(=S)c2c(C)nn(-c3ccccc3)c2N=C(c2ccc(F)cc2)N1C. The fourth-order valence-electron chi connectivity index (χ4n) is 3.20. The van der Waals surface area contributed by atoms with Crippen molar-refractivity contribution in [3.05, 3.63) is 71.7 Å². The Balaban J connectivity index is 2.00. The van der Waals surface area contributed by atoms with Gasteiger partial charge in [-0.25, -0.2) is 14.1 Å². The summed E-state index contributed by atoms with van der Waals surface area (Å²) in [5.41, 5.74) is 2.47. The number of para-hydroxylation sites is 1. The number of hydrogen-bond acceptors (Lipinski definition) is 4. The van der Waals surface area contributed by atoms with E-state index in [0.29, 0.717) is 11.7 Å². The molecule has 2 aromatic carbocycles. The number of hydrogen-bond donors (Lipinski definition) is 0. The van der Waals surface area contributed by atoms with Gasteiger partial charge in [0, 0.05) is 19.7 Å². The standard InChI is InChI=1S/C19H18FN4OPS/c1-13-17-19(24(22-13)16-7-5-4-6-8-16)21-18(23(2)26(17,27)25-3)14-9-11-15(20)12-10-14/h4-12H,1-3H3/t26-/m0/s1. The molecule has 8 heteroatoms. The molecule has 1 atom stereocenters. The van der Waals surface area contributed by atoms with Crippen LogP contribution in [0.5, 0.6) is 0 Å². The maximum atomic E-state index is 13.4. The van der Waals surface area contributed by atoms with Crippen LogP contribution in [0.3, 0.4) is 0 Å². The minimum absolute atomic E-state index is 0.296. The van der Waals surface area contributed by atoms with Gasteiger partial charge in [0.05, 0.1) is 16.7 Å². The van der Waals surface area contributed by atoms with Crippen LogP contribution in [0.15, 0.2) is 59.6 Å². The highest BCUT2D eigenvalue weighted by molar-refractivity contribution is 8.15. The minimum Gasteiger partial charge on any atom is -0.334 e. The largest absolute Gasteiger partial charge is 0.334 e. The van der Waals surface area contributed by atoms with Crippen molar-refractivity contribution in [2.45, 2.75) is 6.92 Å². The number of halogens is 1. The van der Waals surface area contributed by atoms with Crippen LogP contribution >= 0.6 is 6.42 Å². The third-order valence-corrected chi connectivity index (χ3v) is 8.84.